The monoisotopic (exact) mass is 351 g/mol. The maximum Gasteiger partial charge on any atom is 0.389 e. The molecule has 1 atom stereocenters. The predicted molar refractivity (Wildman–Crippen MR) is 79.9 cm³/mol. The van der Waals surface area contributed by atoms with Gasteiger partial charge in [0.25, 0.3) is 0 Å². The molecule has 0 saturated heterocycles. The van der Waals surface area contributed by atoms with Crippen molar-refractivity contribution in [2.75, 3.05) is 6.54 Å². The van der Waals surface area contributed by atoms with Crippen molar-refractivity contribution in [3.8, 4) is 0 Å². The number of alkyl halides is 3. The third-order valence-corrected chi connectivity index (χ3v) is 4.47. The Labute approximate surface area is 127 Å². The molecule has 0 fully saturated rings. The molecule has 0 saturated carbocycles. The summed E-state index contributed by atoms with van der Waals surface area (Å²) in [7, 11) is 0. The molecule has 1 nitrogen and oxygen atoms in total. The third kappa shape index (κ3) is 5.44. The van der Waals surface area contributed by atoms with Crippen molar-refractivity contribution >= 4 is 15.9 Å². The first-order valence-electron chi connectivity index (χ1n) is 6.81. The Morgan fingerprint density at radius 1 is 1.20 bits per heavy atom. The maximum atomic E-state index is 12.4. The van der Waals surface area contributed by atoms with Crippen molar-refractivity contribution < 1.29 is 13.2 Å². The minimum atomic E-state index is -4.11. The van der Waals surface area contributed by atoms with Crippen LogP contribution in [0.5, 0.6) is 0 Å². The van der Waals surface area contributed by atoms with Crippen molar-refractivity contribution in [2.45, 2.75) is 52.3 Å². The maximum absolute atomic E-state index is 12.4. The van der Waals surface area contributed by atoms with E-state index >= 15 is 0 Å². The summed E-state index contributed by atoms with van der Waals surface area (Å²) in [5.74, 6) is 0. The summed E-state index contributed by atoms with van der Waals surface area (Å²) in [6, 6.07) is 3.67. The van der Waals surface area contributed by atoms with E-state index < -0.39 is 12.6 Å². The highest BCUT2D eigenvalue weighted by Crippen LogP contribution is 2.31. The molecule has 5 heteroatoms. The van der Waals surface area contributed by atoms with Crippen molar-refractivity contribution in [3.63, 3.8) is 0 Å². The zero-order valence-corrected chi connectivity index (χ0v) is 13.7. The number of halogens is 4. The second kappa shape index (κ2) is 7.46. The molecule has 1 aromatic carbocycles. The molecule has 0 heterocycles. The molecule has 1 rings (SSSR count). The summed E-state index contributed by atoms with van der Waals surface area (Å²) in [4.78, 5) is 0. The van der Waals surface area contributed by atoms with Crippen LogP contribution in [-0.4, -0.2) is 12.7 Å². The quantitative estimate of drug-likeness (QED) is 0.718. The Kier molecular flexibility index (Phi) is 6.52. The largest absolute Gasteiger partial charge is 0.389 e. The minimum Gasteiger partial charge on any atom is -0.310 e. The van der Waals surface area contributed by atoms with Gasteiger partial charge in [-0.25, -0.2) is 0 Å². The fourth-order valence-electron chi connectivity index (χ4n) is 2.19. The molecule has 1 aromatic rings. The molecule has 0 aliphatic heterocycles. The molecule has 0 amide bonds. The third-order valence-electron chi connectivity index (χ3n) is 3.22. The molecule has 20 heavy (non-hydrogen) atoms. The average molecular weight is 352 g/mol. The Morgan fingerprint density at radius 3 is 2.20 bits per heavy atom. The van der Waals surface area contributed by atoms with Crippen LogP contribution >= 0.6 is 15.9 Å². The second-order valence-corrected chi connectivity index (χ2v) is 5.92. The van der Waals surface area contributed by atoms with Crippen molar-refractivity contribution in [1.82, 2.24) is 5.32 Å². The SMILES string of the molecule is CCCNC(CCC(F)(F)F)c1cc(C)c(Br)c(C)c1. The van der Waals surface area contributed by atoms with E-state index in [1.54, 1.807) is 0 Å². The van der Waals surface area contributed by atoms with Crippen molar-refractivity contribution in [1.29, 1.82) is 0 Å². The molecular formula is C15H21BrF3N. The molecule has 0 radical (unpaired) electrons. The normalized spacial score (nSPS) is 13.6. The van der Waals surface area contributed by atoms with Gasteiger partial charge < -0.3 is 5.32 Å². The molecule has 0 aliphatic carbocycles. The standard InChI is InChI=1S/C15H21BrF3N/c1-4-7-20-13(5-6-15(17,18)19)12-8-10(2)14(16)11(3)9-12/h8-9,13,20H,4-7H2,1-3H3. The van der Waals surface area contributed by atoms with Gasteiger partial charge in [0.05, 0.1) is 0 Å². The van der Waals surface area contributed by atoms with Gasteiger partial charge in [-0.1, -0.05) is 35.0 Å². The van der Waals surface area contributed by atoms with Gasteiger partial charge in [-0.05, 0) is 49.9 Å². The summed E-state index contributed by atoms with van der Waals surface area (Å²) in [5.41, 5.74) is 3.03. The van der Waals surface area contributed by atoms with Crippen LogP contribution in [0.15, 0.2) is 16.6 Å². The van der Waals surface area contributed by atoms with Crippen LogP contribution in [0.25, 0.3) is 0 Å². The van der Waals surface area contributed by atoms with E-state index in [0.29, 0.717) is 0 Å². The molecule has 0 aromatic heterocycles. The van der Waals surface area contributed by atoms with E-state index in [1.807, 2.05) is 32.9 Å². The lowest BCUT2D eigenvalue weighted by Crippen LogP contribution is -2.24. The van der Waals surface area contributed by atoms with E-state index in [2.05, 4.69) is 21.2 Å². The fraction of sp³-hybridized carbons (Fsp3) is 0.600. The first-order valence-corrected chi connectivity index (χ1v) is 7.60. The van der Waals surface area contributed by atoms with Crippen molar-refractivity contribution in [2.24, 2.45) is 0 Å². The molecule has 1 N–H and O–H groups in total. The van der Waals surface area contributed by atoms with Crippen LogP contribution in [0.2, 0.25) is 0 Å². The fourth-order valence-corrected chi connectivity index (χ4v) is 2.42. The van der Waals surface area contributed by atoms with Gasteiger partial charge >= 0.3 is 6.18 Å². The van der Waals surface area contributed by atoms with E-state index in [-0.39, 0.29) is 12.5 Å². The number of aryl methyl sites for hydroxylation is 2. The lowest BCUT2D eigenvalue weighted by Gasteiger charge is -2.21. The minimum absolute atomic E-state index is 0.0734. The zero-order chi connectivity index (χ0) is 15.3. The lowest BCUT2D eigenvalue weighted by atomic mass is 9.97. The van der Waals surface area contributed by atoms with Crippen LogP contribution in [0, 0.1) is 13.8 Å². The van der Waals surface area contributed by atoms with Gasteiger partial charge in [0.1, 0.15) is 0 Å². The topological polar surface area (TPSA) is 12.0 Å². The lowest BCUT2D eigenvalue weighted by molar-refractivity contribution is -0.136. The second-order valence-electron chi connectivity index (χ2n) is 5.13. The summed E-state index contributed by atoms with van der Waals surface area (Å²) < 4.78 is 38.3. The zero-order valence-electron chi connectivity index (χ0n) is 12.1. The molecule has 0 bridgehead atoms. The van der Waals surface area contributed by atoms with Crippen LogP contribution in [0.4, 0.5) is 13.2 Å². The Balaban J connectivity index is 2.92. The van der Waals surface area contributed by atoms with Gasteiger partial charge in [-0.2, -0.15) is 13.2 Å². The molecule has 1 unspecified atom stereocenters. The highest BCUT2D eigenvalue weighted by molar-refractivity contribution is 9.10. The number of nitrogens with one attached hydrogen (secondary N) is 1. The molecule has 0 aliphatic rings. The smallest absolute Gasteiger partial charge is 0.310 e. The molecular weight excluding hydrogens is 331 g/mol. The van der Waals surface area contributed by atoms with E-state index in [9.17, 15) is 13.2 Å². The van der Waals surface area contributed by atoms with Gasteiger partial charge in [0, 0.05) is 16.9 Å². The Hall–Kier alpha value is -0.550. The van der Waals surface area contributed by atoms with Gasteiger partial charge in [-0.3, -0.25) is 0 Å². The van der Waals surface area contributed by atoms with Gasteiger partial charge in [0.15, 0.2) is 0 Å². The van der Waals surface area contributed by atoms with Crippen LogP contribution in [0.3, 0.4) is 0 Å². The van der Waals surface area contributed by atoms with Crippen LogP contribution in [-0.2, 0) is 0 Å². The van der Waals surface area contributed by atoms with Crippen LogP contribution < -0.4 is 5.32 Å². The van der Waals surface area contributed by atoms with E-state index in [1.165, 1.54) is 0 Å². The predicted octanol–water partition coefficient (Wildman–Crippen LogP) is 5.45. The van der Waals surface area contributed by atoms with E-state index in [4.69, 9.17) is 0 Å². The van der Waals surface area contributed by atoms with Crippen LogP contribution in [0.1, 0.15) is 48.9 Å². The summed E-state index contributed by atoms with van der Waals surface area (Å²) in [5, 5.41) is 3.22. The summed E-state index contributed by atoms with van der Waals surface area (Å²) in [6.07, 6.45) is -3.89. The number of benzene rings is 1. The number of hydrogen-bond acceptors (Lipinski definition) is 1. The average Bonchev–Trinajstić information content (AvgIpc) is 2.34. The molecule has 114 valence electrons. The van der Waals surface area contributed by atoms with Crippen molar-refractivity contribution in [3.05, 3.63) is 33.3 Å². The number of hydrogen-bond donors (Lipinski definition) is 1. The highest BCUT2D eigenvalue weighted by atomic mass is 79.9. The first kappa shape index (κ1) is 17.5. The Bertz CT molecular complexity index is 420. The van der Waals surface area contributed by atoms with Gasteiger partial charge in [0.2, 0.25) is 0 Å². The van der Waals surface area contributed by atoms with Gasteiger partial charge in [-0.15, -0.1) is 0 Å². The first-order chi connectivity index (χ1) is 9.24. The van der Waals surface area contributed by atoms with E-state index in [0.717, 1.165) is 34.1 Å². The molecule has 0 spiro atoms. The number of rotatable bonds is 6. The summed E-state index contributed by atoms with van der Waals surface area (Å²) >= 11 is 3.49. The summed E-state index contributed by atoms with van der Waals surface area (Å²) in [6.45, 7) is 6.64. The Morgan fingerprint density at radius 2 is 1.75 bits per heavy atom. The highest BCUT2D eigenvalue weighted by Gasteiger charge is 2.28.